The van der Waals surface area contributed by atoms with Crippen molar-refractivity contribution < 1.29 is 4.42 Å². The van der Waals surface area contributed by atoms with Gasteiger partial charge < -0.3 is 8.98 Å². The van der Waals surface area contributed by atoms with E-state index >= 15 is 0 Å². The molecule has 156 valence electrons. The van der Waals surface area contributed by atoms with Crippen LogP contribution in [0.25, 0.3) is 60.6 Å². The summed E-state index contributed by atoms with van der Waals surface area (Å²) in [7, 11) is 0. The van der Waals surface area contributed by atoms with Gasteiger partial charge in [-0.05, 0) is 65.7 Å². The minimum atomic E-state index is 0.902. The van der Waals surface area contributed by atoms with Crippen molar-refractivity contribution in [3.8, 4) is 16.8 Å². The highest BCUT2D eigenvalue weighted by Crippen LogP contribution is 2.37. The molecular weight excluding hydrogens is 470 g/mol. The molecule has 0 N–H and O–H groups in total. The molecule has 0 spiro atoms. The normalized spacial score (nSPS) is 11.8. The number of hydrogen-bond donors (Lipinski definition) is 0. The highest BCUT2D eigenvalue weighted by molar-refractivity contribution is 9.10. The van der Waals surface area contributed by atoms with Crippen LogP contribution in [0, 0.1) is 0 Å². The molecule has 0 aliphatic carbocycles. The molecule has 0 bridgehead atoms. The van der Waals surface area contributed by atoms with E-state index in [2.05, 4.69) is 118 Å². The number of rotatable bonds is 2. The number of aromatic nitrogens is 1. The van der Waals surface area contributed by atoms with Gasteiger partial charge in [0.2, 0.25) is 0 Å². The van der Waals surface area contributed by atoms with Gasteiger partial charge in [-0.2, -0.15) is 0 Å². The second kappa shape index (κ2) is 7.09. The summed E-state index contributed by atoms with van der Waals surface area (Å²) in [6, 6.07) is 38.6. The van der Waals surface area contributed by atoms with E-state index in [4.69, 9.17) is 4.42 Å². The second-order valence-corrected chi connectivity index (χ2v) is 9.29. The maximum absolute atomic E-state index is 6.09. The average Bonchev–Trinajstić information content (AvgIpc) is 3.39. The van der Waals surface area contributed by atoms with Crippen LogP contribution in [-0.4, -0.2) is 4.57 Å². The fourth-order valence-corrected chi connectivity index (χ4v) is 5.30. The van der Waals surface area contributed by atoms with Crippen molar-refractivity contribution in [2.75, 3.05) is 0 Å². The molecule has 2 heterocycles. The Bertz CT molecular complexity index is 1830. The van der Waals surface area contributed by atoms with Crippen molar-refractivity contribution in [2.24, 2.45) is 0 Å². The van der Waals surface area contributed by atoms with Crippen LogP contribution in [0.1, 0.15) is 0 Å². The maximum atomic E-state index is 6.09. The third kappa shape index (κ3) is 2.86. The van der Waals surface area contributed by atoms with E-state index in [1.807, 2.05) is 12.1 Å². The van der Waals surface area contributed by atoms with Gasteiger partial charge in [0, 0.05) is 31.7 Å². The zero-order chi connectivity index (χ0) is 21.9. The van der Waals surface area contributed by atoms with E-state index in [0.29, 0.717) is 0 Å². The highest BCUT2D eigenvalue weighted by atomic mass is 79.9. The topological polar surface area (TPSA) is 18.1 Å². The van der Waals surface area contributed by atoms with Gasteiger partial charge in [-0.1, -0.05) is 70.5 Å². The summed E-state index contributed by atoms with van der Waals surface area (Å²) in [5, 5.41) is 4.75. The summed E-state index contributed by atoms with van der Waals surface area (Å²) >= 11 is 3.60. The first-order valence-corrected chi connectivity index (χ1v) is 11.8. The summed E-state index contributed by atoms with van der Waals surface area (Å²) in [6.07, 6.45) is 0. The van der Waals surface area contributed by atoms with Gasteiger partial charge in [0.1, 0.15) is 11.2 Å². The van der Waals surface area contributed by atoms with Crippen LogP contribution < -0.4 is 0 Å². The minimum absolute atomic E-state index is 0.902. The first-order valence-electron chi connectivity index (χ1n) is 11.0. The minimum Gasteiger partial charge on any atom is -0.456 e. The van der Waals surface area contributed by atoms with Crippen molar-refractivity contribution in [1.29, 1.82) is 0 Å². The standard InChI is InChI=1S/C30H18BrNO/c31-21-11-14-29-25(17-21)26-18-22(12-15-30(26)33-29)32-27-9-5-4-8-23(27)24-16-20(10-13-28(24)32)19-6-2-1-3-7-19/h1-18H. The molecule has 0 atom stereocenters. The van der Waals surface area contributed by atoms with Crippen LogP contribution >= 0.6 is 15.9 Å². The molecular formula is C30H18BrNO. The molecule has 2 aromatic heterocycles. The molecule has 2 nitrogen and oxygen atoms in total. The largest absolute Gasteiger partial charge is 0.456 e. The highest BCUT2D eigenvalue weighted by Gasteiger charge is 2.15. The fourth-order valence-electron chi connectivity index (χ4n) is 4.94. The second-order valence-electron chi connectivity index (χ2n) is 8.37. The molecule has 0 fully saturated rings. The first kappa shape index (κ1) is 18.7. The molecule has 7 aromatic rings. The molecule has 0 radical (unpaired) electrons. The molecule has 0 saturated carbocycles. The predicted octanol–water partition coefficient (Wildman–Crippen LogP) is 9.11. The number of hydrogen-bond acceptors (Lipinski definition) is 1. The molecule has 5 aromatic carbocycles. The van der Waals surface area contributed by atoms with E-state index in [1.54, 1.807) is 0 Å². The molecule has 3 heteroatoms. The van der Waals surface area contributed by atoms with Crippen molar-refractivity contribution in [2.45, 2.75) is 0 Å². The summed E-state index contributed by atoms with van der Waals surface area (Å²) in [4.78, 5) is 0. The number of nitrogens with zero attached hydrogens (tertiary/aromatic N) is 1. The predicted molar refractivity (Wildman–Crippen MR) is 141 cm³/mol. The van der Waals surface area contributed by atoms with Crippen molar-refractivity contribution >= 4 is 59.7 Å². The Hall–Kier alpha value is -3.82. The quantitative estimate of drug-likeness (QED) is 0.237. The van der Waals surface area contributed by atoms with Gasteiger partial charge in [0.15, 0.2) is 0 Å². The van der Waals surface area contributed by atoms with Crippen LogP contribution in [0.4, 0.5) is 0 Å². The Kier molecular flexibility index (Phi) is 4.02. The lowest BCUT2D eigenvalue weighted by molar-refractivity contribution is 0.669. The van der Waals surface area contributed by atoms with Crippen molar-refractivity contribution in [1.82, 2.24) is 4.57 Å². The van der Waals surface area contributed by atoms with Crippen molar-refractivity contribution in [3.63, 3.8) is 0 Å². The lowest BCUT2D eigenvalue weighted by Gasteiger charge is -2.08. The van der Waals surface area contributed by atoms with E-state index < -0.39 is 0 Å². The van der Waals surface area contributed by atoms with E-state index in [-0.39, 0.29) is 0 Å². The lowest BCUT2D eigenvalue weighted by Crippen LogP contribution is -1.93. The SMILES string of the molecule is Brc1ccc2oc3ccc(-n4c5ccccc5c5cc(-c6ccccc6)ccc54)cc3c2c1. The Labute approximate surface area is 198 Å². The van der Waals surface area contributed by atoms with Gasteiger partial charge in [-0.3, -0.25) is 0 Å². The van der Waals surface area contributed by atoms with Gasteiger partial charge >= 0.3 is 0 Å². The molecule has 0 amide bonds. The molecule has 0 unspecified atom stereocenters. The molecule has 33 heavy (non-hydrogen) atoms. The molecule has 0 aliphatic rings. The Balaban J connectivity index is 1.53. The zero-order valence-electron chi connectivity index (χ0n) is 17.6. The summed E-state index contributed by atoms with van der Waals surface area (Å²) < 4.78 is 9.50. The molecule has 7 rings (SSSR count). The summed E-state index contributed by atoms with van der Waals surface area (Å²) in [6.45, 7) is 0. The van der Waals surface area contributed by atoms with Gasteiger partial charge in [0.05, 0.1) is 11.0 Å². The van der Waals surface area contributed by atoms with Gasteiger partial charge in [-0.25, -0.2) is 0 Å². The fraction of sp³-hybridized carbons (Fsp3) is 0. The number of benzene rings is 5. The van der Waals surface area contributed by atoms with E-state index in [1.165, 1.54) is 32.9 Å². The maximum Gasteiger partial charge on any atom is 0.135 e. The van der Waals surface area contributed by atoms with Gasteiger partial charge in [-0.15, -0.1) is 0 Å². The van der Waals surface area contributed by atoms with Crippen LogP contribution in [0.5, 0.6) is 0 Å². The van der Waals surface area contributed by atoms with Crippen LogP contribution in [0.2, 0.25) is 0 Å². The van der Waals surface area contributed by atoms with E-state index in [9.17, 15) is 0 Å². The molecule has 0 saturated heterocycles. The smallest absolute Gasteiger partial charge is 0.135 e. The number of fused-ring (bicyclic) bond motifs is 6. The van der Waals surface area contributed by atoms with Crippen LogP contribution in [-0.2, 0) is 0 Å². The third-order valence-electron chi connectivity index (χ3n) is 6.45. The van der Waals surface area contributed by atoms with Crippen molar-refractivity contribution in [3.05, 3.63) is 114 Å². The average molecular weight is 488 g/mol. The monoisotopic (exact) mass is 487 g/mol. The van der Waals surface area contributed by atoms with E-state index in [0.717, 1.165) is 32.1 Å². The Morgan fingerprint density at radius 3 is 2.12 bits per heavy atom. The first-order chi connectivity index (χ1) is 16.3. The number of halogens is 1. The van der Waals surface area contributed by atoms with Crippen LogP contribution in [0.3, 0.4) is 0 Å². The Morgan fingerprint density at radius 1 is 0.515 bits per heavy atom. The third-order valence-corrected chi connectivity index (χ3v) is 6.95. The number of para-hydroxylation sites is 1. The van der Waals surface area contributed by atoms with Crippen LogP contribution in [0.15, 0.2) is 118 Å². The summed E-state index contributed by atoms with van der Waals surface area (Å²) in [5.41, 5.74) is 7.79. The zero-order valence-corrected chi connectivity index (χ0v) is 19.2. The Morgan fingerprint density at radius 2 is 1.24 bits per heavy atom. The molecule has 0 aliphatic heterocycles. The van der Waals surface area contributed by atoms with Gasteiger partial charge in [0.25, 0.3) is 0 Å². The lowest BCUT2D eigenvalue weighted by atomic mass is 10.0. The number of furan rings is 1. The summed E-state index contributed by atoms with van der Waals surface area (Å²) in [5.74, 6) is 0.